The van der Waals surface area contributed by atoms with Crippen LogP contribution in [0.1, 0.15) is 41.9 Å². The SMILES string of the molecule is CCc1nc2n(n1)CC(NC(=NC)NCc1ccccc1CN(C)Cc1ccco1)CC2. The van der Waals surface area contributed by atoms with Crippen molar-refractivity contribution in [1.82, 2.24) is 30.3 Å². The van der Waals surface area contributed by atoms with Crippen LogP contribution in [0, 0.1) is 0 Å². The predicted octanol–water partition coefficient (Wildman–Crippen LogP) is 2.75. The Bertz CT molecular complexity index is 1020. The second-order valence-corrected chi connectivity index (χ2v) is 8.31. The summed E-state index contributed by atoms with van der Waals surface area (Å²) in [5.74, 6) is 3.81. The van der Waals surface area contributed by atoms with E-state index in [0.717, 1.165) is 62.3 Å². The Kier molecular flexibility index (Phi) is 7.21. The number of aryl methyl sites for hydroxylation is 2. The molecule has 2 N–H and O–H groups in total. The molecule has 0 radical (unpaired) electrons. The zero-order valence-electron chi connectivity index (χ0n) is 19.2. The Balaban J connectivity index is 1.32. The van der Waals surface area contributed by atoms with Crippen molar-refractivity contribution in [2.45, 2.75) is 58.4 Å². The lowest BCUT2D eigenvalue weighted by molar-refractivity contribution is 0.287. The van der Waals surface area contributed by atoms with Crippen molar-refractivity contribution in [2.24, 2.45) is 4.99 Å². The minimum absolute atomic E-state index is 0.287. The standard InChI is InChI=1S/C24H33N7O/c1-4-22-28-23-12-11-20(16-31(23)29-22)27-24(25-2)26-14-18-8-5-6-9-19(18)15-30(3)17-21-10-7-13-32-21/h5-10,13,20H,4,11-12,14-17H2,1-3H3,(H2,25,26,27). The number of furan rings is 1. The first kappa shape index (κ1) is 22.1. The molecule has 1 unspecified atom stereocenters. The van der Waals surface area contributed by atoms with E-state index in [2.05, 4.69) is 68.8 Å². The third-order valence-corrected chi connectivity index (χ3v) is 5.79. The first-order valence-corrected chi connectivity index (χ1v) is 11.3. The third kappa shape index (κ3) is 5.56. The summed E-state index contributed by atoms with van der Waals surface area (Å²) in [5.41, 5.74) is 2.55. The van der Waals surface area contributed by atoms with Crippen LogP contribution in [-0.2, 0) is 39.0 Å². The zero-order valence-corrected chi connectivity index (χ0v) is 19.2. The Morgan fingerprint density at radius 3 is 2.81 bits per heavy atom. The van der Waals surface area contributed by atoms with E-state index in [1.165, 1.54) is 11.1 Å². The van der Waals surface area contributed by atoms with E-state index >= 15 is 0 Å². The summed E-state index contributed by atoms with van der Waals surface area (Å²) >= 11 is 0. The number of aliphatic imine (C=N–C) groups is 1. The lowest BCUT2D eigenvalue weighted by Gasteiger charge is -2.25. The topological polar surface area (TPSA) is 83.5 Å². The number of fused-ring (bicyclic) bond motifs is 1. The molecule has 0 saturated carbocycles. The summed E-state index contributed by atoms with van der Waals surface area (Å²) in [6.07, 6.45) is 4.55. The number of rotatable bonds is 8. The summed E-state index contributed by atoms with van der Waals surface area (Å²) in [6, 6.07) is 12.8. The van der Waals surface area contributed by atoms with Gasteiger partial charge in [0, 0.05) is 39.0 Å². The molecule has 3 heterocycles. The molecule has 0 bridgehead atoms. The molecule has 2 aromatic heterocycles. The van der Waals surface area contributed by atoms with Gasteiger partial charge in [0.25, 0.3) is 0 Å². The molecule has 0 amide bonds. The molecule has 1 aliphatic heterocycles. The first-order valence-electron chi connectivity index (χ1n) is 11.3. The molecule has 8 nitrogen and oxygen atoms in total. The van der Waals surface area contributed by atoms with Gasteiger partial charge < -0.3 is 15.1 Å². The smallest absolute Gasteiger partial charge is 0.191 e. The fourth-order valence-electron chi connectivity index (χ4n) is 4.09. The minimum Gasteiger partial charge on any atom is -0.468 e. The van der Waals surface area contributed by atoms with Gasteiger partial charge in [-0.2, -0.15) is 5.10 Å². The number of hydrogen-bond donors (Lipinski definition) is 2. The molecule has 1 atom stereocenters. The van der Waals surface area contributed by atoms with Gasteiger partial charge in [-0.3, -0.25) is 9.89 Å². The second-order valence-electron chi connectivity index (χ2n) is 8.31. The van der Waals surface area contributed by atoms with E-state index in [9.17, 15) is 0 Å². The molecule has 0 saturated heterocycles. The third-order valence-electron chi connectivity index (χ3n) is 5.79. The number of aromatic nitrogens is 3. The largest absolute Gasteiger partial charge is 0.468 e. The van der Waals surface area contributed by atoms with Gasteiger partial charge in [0.05, 0.1) is 19.4 Å². The molecule has 32 heavy (non-hydrogen) atoms. The highest BCUT2D eigenvalue weighted by Crippen LogP contribution is 2.15. The van der Waals surface area contributed by atoms with Crippen LogP contribution >= 0.6 is 0 Å². The van der Waals surface area contributed by atoms with Gasteiger partial charge >= 0.3 is 0 Å². The van der Waals surface area contributed by atoms with Crippen molar-refractivity contribution < 1.29 is 4.42 Å². The van der Waals surface area contributed by atoms with Gasteiger partial charge in [0.15, 0.2) is 11.8 Å². The van der Waals surface area contributed by atoms with Gasteiger partial charge in [-0.15, -0.1) is 0 Å². The van der Waals surface area contributed by atoms with Crippen molar-refractivity contribution in [1.29, 1.82) is 0 Å². The molecular weight excluding hydrogens is 402 g/mol. The van der Waals surface area contributed by atoms with Crippen LogP contribution in [0.4, 0.5) is 0 Å². The van der Waals surface area contributed by atoms with Crippen LogP contribution in [0.5, 0.6) is 0 Å². The predicted molar refractivity (Wildman–Crippen MR) is 125 cm³/mol. The maximum Gasteiger partial charge on any atom is 0.191 e. The number of benzene rings is 1. The number of guanidine groups is 1. The van der Waals surface area contributed by atoms with Crippen molar-refractivity contribution in [3.05, 3.63) is 71.2 Å². The normalized spacial score (nSPS) is 16.2. The summed E-state index contributed by atoms with van der Waals surface area (Å²) in [4.78, 5) is 11.3. The van der Waals surface area contributed by atoms with Crippen LogP contribution in [-0.4, -0.2) is 45.8 Å². The Labute approximate surface area is 189 Å². The fraction of sp³-hybridized carbons (Fsp3) is 0.458. The zero-order chi connectivity index (χ0) is 22.3. The fourth-order valence-corrected chi connectivity index (χ4v) is 4.09. The van der Waals surface area contributed by atoms with Gasteiger partial charge in [-0.05, 0) is 36.7 Å². The van der Waals surface area contributed by atoms with Gasteiger partial charge in [0.1, 0.15) is 11.6 Å². The summed E-state index contributed by atoms with van der Waals surface area (Å²) in [7, 11) is 3.93. The molecule has 0 spiro atoms. The summed E-state index contributed by atoms with van der Waals surface area (Å²) in [6.45, 7) is 5.25. The molecule has 3 aromatic rings. The number of nitrogens with zero attached hydrogens (tertiary/aromatic N) is 5. The van der Waals surface area contributed by atoms with Crippen LogP contribution in [0.3, 0.4) is 0 Å². The van der Waals surface area contributed by atoms with Gasteiger partial charge in [-0.25, -0.2) is 9.67 Å². The summed E-state index contributed by atoms with van der Waals surface area (Å²) in [5, 5.41) is 11.7. The molecule has 0 fully saturated rings. The van der Waals surface area contributed by atoms with Crippen molar-refractivity contribution in [3.8, 4) is 0 Å². The van der Waals surface area contributed by atoms with Crippen molar-refractivity contribution in [2.75, 3.05) is 14.1 Å². The molecule has 0 aliphatic carbocycles. The van der Waals surface area contributed by atoms with Gasteiger partial charge in [0.2, 0.25) is 0 Å². The minimum atomic E-state index is 0.287. The molecule has 4 rings (SSSR count). The van der Waals surface area contributed by atoms with Crippen LogP contribution < -0.4 is 10.6 Å². The van der Waals surface area contributed by atoms with E-state index in [1.54, 1.807) is 6.26 Å². The van der Waals surface area contributed by atoms with E-state index < -0.39 is 0 Å². The monoisotopic (exact) mass is 435 g/mol. The summed E-state index contributed by atoms with van der Waals surface area (Å²) < 4.78 is 7.52. The lowest BCUT2D eigenvalue weighted by atomic mass is 10.1. The molecule has 1 aromatic carbocycles. The molecule has 170 valence electrons. The van der Waals surface area contributed by atoms with Crippen molar-refractivity contribution in [3.63, 3.8) is 0 Å². The Morgan fingerprint density at radius 1 is 1.22 bits per heavy atom. The Morgan fingerprint density at radius 2 is 2.06 bits per heavy atom. The first-order chi connectivity index (χ1) is 15.6. The maximum atomic E-state index is 5.48. The van der Waals surface area contributed by atoms with Crippen LogP contribution in [0.2, 0.25) is 0 Å². The average Bonchev–Trinajstić information content (AvgIpc) is 3.46. The highest BCUT2D eigenvalue weighted by Gasteiger charge is 2.22. The van der Waals surface area contributed by atoms with Crippen LogP contribution in [0.25, 0.3) is 0 Å². The Hall–Kier alpha value is -3.13. The van der Waals surface area contributed by atoms with Crippen molar-refractivity contribution >= 4 is 5.96 Å². The van der Waals surface area contributed by atoms with E-state index in [4.69, 9.17) is 4.42 Å². The number of hydrogen-bond acceptors (Lipinski definition) is 5. The molecular formula is C24H33N7O. The average molecular weight is 436 g/mol. The number of nitrogens with one attached hydrogen (secondary N) is 2. The van der Waals surface area contributed by atoms with Crippen LogP contribution in [0.15, 0.2) is 52.1 Å². The highest BCUT2D eigenvalue weighted by atomic mass is 16.3. The second kappa shape index (κ2) is 10.5. The quantitative estimate of drug-likeness (QED) is 0.418. The van der Waals surface area contributed by atoms with E-state index in [1.807, 2.05) is 23.9 Å². The van der Waals surface area contributed by atoms with Gasteiger partial charge in [-0.1, -0.05) is 31.2 Å². The van der Waals surface area contributed by atoms with E-state index in [-0.39, 0.29) is 6.04 Å². The van der Waals surface area contributed by atoms with E-state index in [0.29, 0.717) is 6.54 Å². The molecule has 1 aliphatic rings. The highest BCUT2D eigenvalue weighted by molar-refractivity contribution is 5.80. The maximum absolute atomic E-state index is 5.48. The molecule has 8 heteroatoms. The lowest BCUT2D eigenvalue weighted by Crippen LogP contribution is -2.46.